The molecule has 0 heterocycles. The van der Waals surface area contributed by atoms with Gasteiger partial charge in [-0.3, -0.25) is 0 Å². The van der Waals surface area contributed by atoms with E-state index in [-0.39, 0.29) is 5.92 Å². The van der Waals surface area contributed by atoms with Crippen LogP contribution < -0.4 is 5.73 Å². The molecule has 1 atom stereocenters. The van der Waals surface area contributed by atoms with E-state index in [1.807, 2.05) is 0 Å². The van der Waals surface area contributed by atoms with Gasteiger partial charge in [-0.1, -0.05) is 55.9 Å². The van der Waals surface area contributed by atoms with Crippen LogP contribution >= 0.6 is 12.2 Å². The first kappa shape index (κ1) is 11.2. The molecule has 76 valence electrons. The molecule has 0 bridgehead atoms. The maximum atomic E-state index is 5.74. The van der Waals surface area contributed by atoms with Crippen LogP contribution in [0.2, 0.25) is 0 Å². The molecule has 0 aliphatic rings. The van der Waals surface area contributed by atoms with E-state index < -0.39 is 0 Å². The molecule has 1 rings (SSSR count). The lowest BCUT2D eigenvalue weighted by atomic mass is 9.88. The second-order valence-corrected chi connectivity index (χ2v) is 4.51. The Morgan fingerprint density at radius 3 is 2.07 bits per heavy atom. The van der Waals surface area contributed by atoms with Gasteiger partial charge < -0.3 is 5.73 Å². The second kappa shape index (κ2) is 4.56. The van der Waals surface area contributed by atoms with Gasteiger partial charge in [0.05, 0.1) is 4.99 Å². The average Bonchev–Trinajstić information content (AvgIpc) is 2.07. The van der Waals surface area contributed by atoms with E-state index in [2.05, 4.69) is 45.0 Å². The zero-order chi connectivity index (χ0) is 10.7. The van der Waals surface area contributed by atoms with Crippen molar-refractivity contribution < 1.29 is 0 Å². The van der Waals surface area contributed by atoms with Crippen LogP contribution in [0.25, 0.3) is 0 Å². The zero-order valence-electron chi connectivity index (χ0n) is 8.95. The van der Waals surface area contributed by atoms with Crippen molar-refractivity contribution in [3.63, 3.8) is 0 Å². The summed E-state index contributed by atoms with van der Waals surface area (Å²) in [6, 6.07) is 8.42. The van der Waals surface area contributed by atoms with Crippen LogP contribution in [0.1, 0.15) is 30.9 Å². The number of nitrogens with two attached hydrogens (primary N) is 1. The first-order valence-corrected chi connectivity index (χ1v) is 5.29. The summed E-state index contributed by atoms with van der Waals surface area (Å²) in [5.41, 5.74) is 8.22. The fraction of sp³-hybridized carbons (Fsp3) is 0.417. The van der Waals surface area contributed by atoms with Crippen molar-refractivity contribution >= 4 is 17.2 Å². The largest absolute Gasteiger partial charge is 0.393 e. The lowest BCUT2D eigenvalue weighted by Gasteiger charge is -2.19. The van der Waals surface area contributed by atoms with Crippen molar-refractivity contribution in [2.24, 2.45) is 11.7 Å². The third-order valence-electron chi connectivity index (χ3n) is 2.41. The minimum Gasteiger partial charge on any atom is -0.393 e. The zero-order valence-corrected chi connectivity index (χ0v) is 9.77. The van der Waals surface area contributed by atoms with Crippen molar-refractivity contribution in [1.29, 1.82) is 0 Å². The SMILES string of the molecule is Cc1ccc(C(C(N)=S)C(C)C)cc1. The molecule has 0 saturated heterocycles. The highest BCUT2D eigenvalue weighted by Crippen LogP contribution is 2.24. The van der Waals surface area contributed by atoms with Crippen molar-refractivity contribution in [2.45, 2.75) is 26.7 Å². The minimum atomic E-state index is 0.200. The van der Waals surface area contributed by atoms with E-state index in [0.717, 1.165) is 0 Å². The van der Waals surface area contributed by atoms with Crippen molar-refractivity contribution in [1.82, 2.24) is 0 Å². The number of hydrogen-bond acceptors (Lipinski definition) is 1. The summed E-state index contributed by atoms with van der Waals surface area (Å²) in [4.78, 5) is 0.587. The summed E-state index contributed by atoms with van der Waals surface area (Å²) in [5, 5.41) is 0. The van der Waals surface area contributed by atoms with Gasteiger partial charge >= 0.3 is 0 Å². The van der Waals surface area contributed by atoms with Crippen LogP contribution in [-0.2, 0) is 0 Å². The molecule has 0 aliphatic carbocycles. The summed E-state index contributed by atoms with van der Waals surface area (Å²) < 4.78 is 0. The van der Waals surface area contributed by atoms with Gasteiger partial charge in [0.2, 0.25) is 0 Å². The van der Waals surface area contributed by atoms with E-state index in [0.29, 0.717) is 10.9 Å². The smallest absolute Gasteiger partial charge is 0.0805 e. The Hall–Kier alpha value is -0.890. The van der Waals surface area contributed by atoms with Crippen LogP contribution in [0.15, 0.2) is 24.3 Å². The van der Waals surface area contributed by atoms with E-state index in [9.17, 15) is 0 Å². The van der Waals surface area contributed by atoms with Gasteiger partial charge in [0, 0.05) is 5.92 Å². The lowest BCUT2D eigenvalue weighted by Crippen LogP contribution is -2.23. The molecular weight excluding hydrogens is 190 g/mol. The highest BCUT2D eigenvalue weighted by atomic mass is 32.1. The molecule has 1 aromatic rings. The number of benzene rings is 1. The van der Waals surface area contributed by atoms with Gasteiger partial charge in [0.25, 0.3) is 0 Å². The van der Waals surface area contributed by atoms with Gasteiger partial charge in [-0.25, -0.2) is 0 Å². The maximum Gasteiger partial charge on any atom is 0.0805 e. The molecule has 0 aliphatic heterocycles. The first-order chi connectivity index (χ1) is 6.52. The van der Waals surface area contributed by atoms with Gasteiger partial charge in [-0.2, -0.15) is 0 Å². The molecule has 2 heteroatoms. The second-order valence-electron chi connectivity index (χ2n) is 4.03. The van der Waals surface area contributed by atoms with Gasteiger partial charge in [-0.15, -0.1) is 0 Å². The summed E-state index contributed by atoms with van der Waals surface area (Å²) in [7, 11) is 0. The Balaban J connectivity index is 3.00. The summed E-state index contributed by atoms with van der Waals surface area (Å²) >= 11 is 5.09. The summed E-state index contributed by atoms with van der Waals surface area (Å²) in [6.45, 7) is 6.36. The van der Waals surface area contributed by atoms with Gasteiger partial charge in [0.15, 0.2) is 0 Å². The number of rotatable bonds is 3. The fourth-order valence-electron chi connectivity index (χ4n) is 1.65. The third-order valence-corrected chi connectivity index (χ3v) is 2.66. The quantitative estimate of drug-likeness (QED) is 0.771. The molecular formula is C12H17NS. The molecule has 1 nitrogen and oxygen atoms in total. The molecule has 0 fully saturated rings. The maximum absolute atomic E-state index is 5.74. The number of aryl methyl sites for hydroxylation is 1. The molecule has 0 saturated carbocycles. The predicted molar refractivity (Wildman–Crippen MR) is 65.5 cm³/mol. The Bertz CT molecular complexity index is 314. The third kappa shape index (κ3) is 2.55. The molecule has 0 radical (unpaired) electrons. The number of hydrogen-bond donors (Lipinski definition) is 1. The van der Waals surface area contributed by atoms with E-state index >= 15 is 0 Å². The average molecular weight is 207 g/mol. The van der Waals surface area contributed by atoms with Crippen LogP contribution in [0.4, 0.5) is 0 Å². The van der Waals surface area contributed by atoms with E-state index in [4.69, 9.17) is 18.0 Å². The van der Waals surface area contributed by atoms with Crippen LogP contribution in [0.5, 0.6) is 0 Å². The monoisotopic (exact) mass is 207 g/mol. The topological polar surface area (TPSA) is 26.0 Å². The highest BCUT2D eigenvalue weighted by Gasteiger charge is 2.17. The predicted octanol–water partition coefficient (Wildman–Crippen LogP) is 3.02. The Morgan fingerprint density at radius 1 is 1.21 bits per heavy atom. The van der Waals surface area contributed by atoms with Crippen molar-refractivity contribution in [3.05, 3.63) is 35.4 Å². The molecule has 0 spiro atoms. The van der Waals surface area contributed by atoms with Crippen LogP contribution in [0, 0.1) is 12.8 Å². The molecule has 0 aromatic heterocycles. The summed E-state index contributed by atoms with van der Waals surface area (Å²) in [5.74, 6) is 0.654. The normalized spacial score (nSPS) is 12.9. The molecule has 14 heavy (non-hydrogen) atoms. The molecule has 2 N–H and O–H groups in total. The van der Waals surface area contributed by atoms with E-state index in [1.54, 1.807) is 0 Å². The standard InChI is InChI=1S/C12H17NS/c1-8(2)11(12(13)14)10-6-4-9(3)5-7-10/h4-8,11H,1-3H3,(H2,13,14). The number of thiocarbonyl (C=S) groups is 1. The molecule has 1 aromatic carbocycles. The Kier molecular flexibility index (Phi) is 3.64. The van der Waals surface area contributed by atoms with Crippen LogP contribution in [0.3, 0.4) is 0 Å². The van der Waals surface area contributed by atoms with Crippen molar-refractivity contribution in [2.75, 3.05) is 0 Å². The first-order valence-electron chi connectivity index (χ1n) is 4.88. The van der Waals surface area contributed by atoms with Gasteiger partial charge in [0.1, 0.15) is 0 Å². The fourth-order valence-corrected chi connectivity index (χ4v) is 2.06. The lowest BCUT2D eigenvalue weighted by molar-refractivity contribution is 0.604. The van der Waals surface area contributed by atoms with E-state index in [1.165, 1.54) is 11.1 Å². The summed E-state index contributed by atoms with van der Waals surface area (Å²) in [6.07, 6.45) is 0. The molecule has 0 amide bonds. The molecule has 1 unspecified atom stereocenters. The van der Waals surface area contributed by atoms with Crippen molar-refractivity contribution in [3.8, 4) is 0 Å². The highest BCUT2D eigenvalue weighted by molar-refractivity contribution is 7.80. The van der Waals surface area contributed by atoms with Crippen LogP contribution in [-0.4, -0.2) is 4.99 Å². The van der Waals surface area contributed by atoms with Gasteiger partial charge in [-0.05, 0) is 18.4 Å². The minimum absolute atomic E-state index is 0.200. The Labute approximate surface area is 91.3 Å². The Morgan fingerprint density at radius 2 is 1.71 bits per heavy atom.